The van der Waals surface area contributed by atoms with Crippen molar-refractivity contribution in [2.24, 2.45) is 0 Å². The molecule has 3 heterocycles. The molecule has 0 radical (unpaired) electrons. The fourth-order valence-electron chi connectivity index (χ4n) is 2.88. The van der Waals surface area contributed by atoms with Crippen LogP contribution in [0.2, 0.25) is 0 Å². The van der Waals surface area contributed by atoms with Gasteiger partial charge in [0, 0.05) is 18.9 Å². The first-order valence-electron chi connectivity index (χ1n) is 8.02. The van der Waals surface area contributed by atoms with Gasteiger partial charge in [0.25, 0.3) is 5.56 Å². The normalized spacial score (nSPS) is 11.7. The monoisotopic (exact) mass is 388 g/mol. The van der Waals surface area contributed by atoms with Crippen molar-refractivity contribution in [1.29, 1.82) is 0 Å². The highest BCUT2D eigenvalue weighted by atomic mass is 32.2. The van der Waals surface area contributed by atoms with E-state index in [4.69, 9.17) is 0 Å². The molecule has 0 atom stereocenters. The molecule has 0 saturated heterocycles. The Morgan fingerprint density at radius 3 is 2.85 bits per heavy atom. The Morgan fingerprint density at radius 2 is 2.07 bits per heavy atom. The van der Waals surface area contributed by atoms with Gasteiger partial charge in [-0.3, -0.25) is 18.3 Å². The highest BCUT2D eigenvalue weighted by molar-refractivity contribution is 7.98. The minimum atomic E-state index is -2.66. The minimum absolute atomic E-state index is 0.185. The average Bonchev–Trinajstić information content (AvgIpc) is 3.30. The molecule has 0 fully saturated rings. The third-order valence-electron chi connectivity index (χ3n) is 4.08. The number of aromatic nitrogens is 6. The quantitative estimate of drug-likeness (QED) is 0.375. The van der Waals surface area contributed by atoms with E-state index in [9.17, 15) is 13.6 Å². The van der Waals surface area contributed by atoms with Crippen LogP contribution in [0.3, 0.4) is 0 Å². The zero-order chi connectivity index (χ0) is 19.0. The summed E-state index contributed by atoms with van der Waals surface area (Å²) in [5.74, 6) is 0.793. The van der Waals surface area contributed by atoms with E-state index in [0.29, 0.717) is 21.8 Å². The van der Waals surface area contributed by atoms with Crippen LogP contribution in [0.4, 0.5) is 8.78 Å². The van der Waals surface area contributed by atoms with E-state index >= 15 is 0 Å². The number of hydrogen-bond donors (Lipinski definition) is 0. The highest BCUT2D eigenvalue weighted by Crippen LogP contribution is 2.25. The molecule has 4 rings (SSSR count). The lowest BCUT2D eigenvalue weighted by Gasteiger charge is -2.10. The summed E-state index contributed by atoms with van der Waals surface area (Å²) in [7, 11) is 0. The van der Waals surface area contributed by atoms with Crippen LogP contribution in [0.1, 0.15) is 12.4 Å². The first-order chi connectivity index (χ1) is 13.1. The largest absolute Gasteiger partial charge is 0.319 e. The number of imidazole rings is 1. The van der Waals surface area contributed by atoms with Crippen LogP contribution in [0.15, 0.2) is 59.3 Å². The van der Waals surface area contributed by atoms with E-state index in [-0.39, 0.29) is 23.7 Å². The van der Waals surface area contributed by atoms with Gasteiger partial charge in [0.2, 0.25) is 5.78 Å². The molecule has 0 amide bonds. The maximum atomic E-state index is 13.0. The molecule has 7 nitrogen and oxygen atoms in total. The van der Waals surface area contributed by atoms with E-state index in [2.05, 4.69) is 21.8 Å². The summed E-state index contributed by atoms with van der Waals surface area (Å²) in [6.07, 6.45) is 4.18. The lowest BCUT2D eigenvalue weighted by molar-refractivity contribution is 0.0678. The molecule has 0 spiro atoms. The molecule has 0 aliphatic heterocycles. The number of halogens is 2. The predicted molar refractivity (Wildman–Crippen MR) is 98.0 cm³/mol. The fraction of sp³-hybridized carbons (Fsp3) is 0.176. The lowest BCUT2D eigenvalue weighted by atomic mass is 10.2. The molecule has 0 N–H and O–H groups in total. The average molecular weight is 388 g/mol. The van der Waals surface area contributed by atoms with Crippen LogP contribution >= 0.6 is 11.8 Å². The number of allylic oxidation sites excluding steroid dienone is 1. The van der Waals surface area contributed by atoms with Crippen molar-refractivity contribution in [3.8, 4) is 0 Å². The second-order valence-corrected chi connectivity index (χ2v) is 6.60. The SMILES string of the molecule is C=CCn1c(=O)c2ccccc2n2c(SCc3nccn3C(F)F)nnc12. The Hall–Kier alpha value is -3.01. The van der Waals surface area contributed by atoms with Gasteiger partial charge in [-0.25, -0.2) is 4.98 Å². The molecule has 1 aromatic carbocycles. The number of hydrogen-bond acceptors (Lipinski definition) is 5. The Morgan fingerprint density at radius 1 is 1.26 bits per heavy atom. The third kappa shape index (κ3) is 2.91. The number of benzene rings is 1. The summed E-state index contributed by atoms with van der Waals surface area (Å²) < 4.78 is 30.0. The Kier molecular flexibility index (Phi) is 4.48. The smallest absolute Gasteiger partial charge is 0.277 e. The Bertz CT molecular complexity index is 1200. The predicted octanol–water partition coefficient (Wildman–Crippen LogP) is 3.11. The van der Waals surface area contributed by atoms with E-state index in [1.54, 1.807) is 28.7 Å². The van der Waals surface area contributed by atoms with Gasteiger partial charge in [-0.15, -0.1) is 16.8 Å². The summed E-state index contributed by atoms with van der Waals surface area (Å²) in [5, 5.41) is 9.30. The topological polar surface area (TPSA) is 70.0 Å². The van der Waals surface area contributed by atoms with Crippen molar-refractivity contribution >= 4 is 28.4 Å². The van der Waals surface area contributed by atoms with Gasteiger partial charge in [-0.2, -0.15) is 8.78 Å². The highest BCUT2D eigenvalue weighted by Gasteiger charge is 2.18. The van der Waals surface area contributed by atoms with Crippen LogP contribution in [0.5, 0.6) is 0 Å². The van der Waals surface area contributed by atoms with Crippen LogP contribution in [-0.4, -0.2) is 28.7 Å². The van der Waals surface area contributed by atoms with E-state index < -0.39 is 6.55 Å². The van der Waals surface area contributed by atoms with Crippen LogP contribution in [0.25, 0.3) is 16.7 Å². The Balaban J connectivity index is 1.84. The maximum Gasteiger partial charge on any atom is 0.319 e. The molecule has 0 aliphatic carbocycles. The lowest BCUT2D eigenvalue weighted by Crippen LogP contribution is -2.22. The second-order valence-electron chi connectivity index (χ2n) is 5.66. The number of fused-ring (bicyclic) bond motifs is 3. The van der Waals surface area contributed by atoms with Gasteiger partial charge >= 0.3 is 6.55 Å². The van der Waals surface area contributed by atoms with E-state index in [0.717, 1.165) is 4.57 Å². The van der Waals surface area contributed by atoms with Crippen molar-refractivity contribution < 1.29 is 8.78 Å². The summed E-state index contributed by atoms with van der Waals surface area (Å²) in [6.45, 7) is 1.31. The van der Waals surface area contributed by atoms with Gasteiger partial charge in [-0.1, -0.05) is 30.0 Å². The summed E-state index contributed by atoms with van der Waals surface area (Å²) in [6, 6.07) is 7.13. The van der Waals surface area contributed by atoms with Crippen LogP contribution < -0.4 is 5.56 Å². The summed E-state index contributed by atoms with van der Waals surface area (Å²) in [4.78, 5) is 16.7. The molecule has 0 bridgehead atoms. The number of rotatable bonds is 6. The van der Waals surface area contributed by atoms with Crippen molar-refractivity contribution in [2.45, 2.75) is 24.0 Å². The molecule has 138 valence electrons. The third-order valence-corrected chi connectivity index (χ3v) is 5.00. The van der Waals surface area contributed by atoms with E-state index in [1.807, 2.05) is 6.07 Å². The number of nitrogens with zero attached hydrogens (tertiary/aromatic N) is 6. The molecule has 10 heteroatoms. The zero-order valence-corrected chi connectivity index (χ0v) is 14.8. The van der Waals surface area contributed by atoms with Crippen LogP contribution in [0, 0.1) is 0 Å². The van der Waals surface area contributed by atoms with Gasteiger partial charge in [0.05, 0.1) is 16.7 Å². The molecule has 0 aliphatic rings. The standard InChI is InChI=1S/C17H14F2N6OS/c1-2-8-24-14(26)11-5-3-4-6-12(11)25-16(24)21-22-17(25)27-10-13-20-7-9-23(13)15(18)19/h2-7,9,15H,1,8,10H2. The minimum Gasteiger partial charge on any atom is -0.277 e. The summed E-state index contributed by atoms with van der Waals surface area (Å²) in [5.41, 5.74) is 0.470. The Labute approximate surface area is 156 Å². The molecule has 27 heavy (non-hydrogen) atoms. The van der Waals surface area contributed by atoms with Crippen molar-refractivity contribution in [3.05, 3.63) is 65.5 Å². The van der Waals surface area contributed by atoms with Crippen molar-refractivity contribution in [2.75, 3.05) is 0 Å². The second kappa shape index (κ2) is 6.95. The van der Waals surface area contributed by atoms with Crippen molar-refractivity contribution in [1.82, 2.24) is 28.7 Å². The van der Waals surface area contributed by atoms with E-state index in [1.165, 1.54) is 28.7 Å². The van der Waals surface area contributed by atoms with Gasteiger partial charge in [0.15, 0.2) is 5.16 Å². The van der Waals surface area contributed by atoms with Crippen molar-refractivity contribution in [3.63, 3.8) is 0 Å². The fourth-order valence-corrected chi connectivity index (χ4v) is 3.77. The zero-order valence-electron chi connectivity index (χ0n) is 14.0. The molecule has 0 saturated carbocycles. The maximum absolute atomic E-state index is 13.0. The van der Waals surface area contributed by atoms with Gasteiger partial charge in [-0.05, 0) is 12.1 Å². The molecular weight excluding hydrogens is 374 g/mol. The molecule has 4 aromatic rings. The number of para-hydroxylation sites is 1. The number of thioether (sulfide) groups is 1. The number of alkyl halides is 2. The molecular formula is C17H14F2N6OS. The summed E-state index contributed by atoms with van der Waals surface area (Å²) >= 11 is 1.22. The van der Waals surface area contributed by atoms with Gasteiger partial charge < -0.3 is 0 Å². The first-order valence-corrected chi connectivity index (χ1v) is 9.00. The first kappa shape index (κ1) is 17.4. The molecule has 0 unspecified atom stereocenters. The molecule has 3 aromatic heterocycles. The van der Waals surface area contributed by atoms with Gasteiger partial charge in [0.1, 0.15) is 5.82 Å². The van der Waals surface area contributed by atoms with Crippen LogP contribution in [-0.2, 0) is 12.3 Å².